The van der Waals surface area contributed by atoms with E-state index in [4.69, 9.17) is 14.5 Å². The molecular weight excluding hydrogens is 512 g/mol. The number of hydrogen-bond donors (Lipinski definition) is 1. The number of nitrogens with zero attached hydrogens (tertiary/aromatic N) is 3. The Morgan fingerprint density at radius 2 is 1.79 bits per heavy atom. The quantitative estimate of drug-likeness (QED) is 0.379. The fourth-order valence-electron chi connectivity index (χ4n) is 4.51. The zero-order valence-corrected chi connectivity index (χ0v) is 22.5. The SMILES string of the molecule is CCOC(=O)C1=C(c2ccccc2)N=C2SC=C(CC(=O)NCc3ccccn3)N2[C@@H]1c1ccc(OC)cc1. The van der Waals surface area contributed by atoms with Crippen molar-refractivity contribution in [3.8, 4) is 5.75 Å². The highest BCUT2D eigenvalue weighted by Gasteiger charge is 2.42. The summed E-state index contributed by atoms with van der Waals surface area (Å²) in [4.78, 5) is 37.7. The van der Waals surface area contributed by atoms with Gasteiger partial charge in [-0.25, -0.2) is 9.79 Å². The number of aliphatic imine (C=N–C) groups is 1. The van der Waals surface area contributed by atoms with Crippen LogP contribution < -0.4 is 10.1 Å². The van der Waals surface area contributed by atoms with E-state index in [-0.39, 0.29) is 18.9 Å². The molecule has 1 aromatic heterocycles. The average molecular weight is 541 g/mol. The molecule has 1 N–H and O–H groups in total. The Morgan fingerprint density at radius 3 is 2.49 bits per heavy atom. The third-order valence-corrected chi connectivity index (χ3v) is 7.21. The number of ether oxygens (including phenoxy) is 2. The summed E-state index contributed by atoms with van der Waals surface area (Å²) in [5, 5.41) is 5.55. The van der Waals surface area contributed by atoms with E-state index >= 15 is 0 Å². The molecule has 9 heteroatoms. The normalized spacial score (nSPS) is 16.3. The molecule has 0 aliphatic carbocycles. The molecule has 2 aliphatic heterocycles. The first-order valence-corrected chi connectivity index (χ1v) is 13.5. The lowest BCUT2D eigenvalue weighted by atomic mass is 9.91. The van der Waals surface area contributed by atoms with Gasteiger partial charge < -0.3 is 19.7 Å². The Bertz CT molecular complexity index is 1440. The fourth-order valence-corrected chi connectivity index (χ4v) is 5.43. The van der Waals surface area contributed by atoms with Crippen LogP contribution in [0.25, 0.3) is 5.70 Å². The first-order valence-electron chi connectivity index (χ1n) is 12.6. The van der Waals surface area contributed by atoms with E-state index < -0.39 is 12.0 Å². The van der Waals surface area contributed by atoms with Crippen LogP contribution in [0.3, 0.4) is 0 Å². The molecule has 5 rings (SSSR count). The maximum atomic E-state index is 13.6. The van der Waals surface area contributed by atoms with Gasteiger partial charge in [0.25, 0.3) is 0 Å². The monoisotopic (exact) mass is 540 g/mol. The summed E-state index contributed by atoms with van der Waals surface area (Å²) in [6.45, 7) is 2.34. The standard InChI is InChI=1S/C30H28N4O4S/c1-3-38-29(36)26-27(20-9-5-4-6-10-20)33-30-34(28(26)21-12-14-24(37-2)15-13-21)23(19-39-30)17-25(35)32-18-22-11-7-8-16-31-22/h4-16,19,28H,3,17-18H2,1-2H3,(H,32,35)/t28-/m1/s1. The number of nitrogens with one attached hydrogen (secondary N) is 1. The van der Waals surface area contributed by atoms with Crippen LogP contribution in [0.1, 0.15) is 36.2 Å². The molecule has 198 valence electrons. The van der Waals surface area contributed by atoms with Gasteiger partial charge in [0.2, 0.25) is 5.91 Å². The molecule has 2 aromatic carbocycles. The van der Waals surface area contributed by atoms with Crippen molar-refractivity contribution in [3.63, 3.8) is 0 Å². The molecule has 1 atom stereocenters. The predicted octanol–water partition coefficient (Wildman–Crippen LogP) is 5.07. The Kier molecular flexibility index (Phi) is 8.07. The molecule has 0 bridgehead atoms. The van der Waals surface area contributed by atoms with Gasteiger partial charge in [-0.2, -0.15) is 0 Å². The van der Waals surface area contributed by atoms with Crippen molar-refractivity contribution in [2.24, 2.45) is 4.99 Å². The molecule has 3 aromatic rings. The number of fused-ring (bicyclic) bond motifs is 1. The molecule has 0 saturated heterocycles. The lowest BCUT2D eigenvalue weighted by Crippen LogP contribution is -2.38. The highest BCUT2D eigenvalue weighted by molar-refractivity contribution is 8.16. The number of aromatic nitrogens is 1. The van der Waals surface area contributed by atoms with E-state index in [9.17, 15) is 9.59 Å². The van der Waals surface area contributed by atoms with Crippen LogP contribution in [0.4, 0.5) is 0 Å². The van der Waals surface area contributed by atoms with Crippen LogP contribution in [0.15, 0.2) is 101 Å². The van der Waals surface area contributed by atoms with Gasteiger partial charge in [-0.1, -0.05) is 60.3 Å². The smallest absolute Gasteiger partial charge is 0.338 e. The fraction of sp³-hybridized carbons (Fsp3) is 0.200. The average Bonchev–Trinajstić information content (AvgIpc) is 3.38. The van der Waals surface area contributed by atoms with E-state index in [1.807, 2.05) is 83.1 Å². The lowest BCUT2D eigenvalue weighted by molar-refractivity contribution is -0.139. The van der Waals surface area contributed by atoms with Crippen molar-refractivity contribution >= 4 is 34.5 Å². The van der Waals surface area contributed by atoms with E-state index in [1.165, 1.54) is 11.8 Å². The van der Waals surface area contributed by atoms with E-state index in [1.54, 1.807) is 20.2 Å². The molecule has 0 spiro atoms. The van der Waals surface area contributed by atoms with Crippen LogP contribution in [-0.4, -0.2) is 40.6 Å². The van der Waals surface area contributed by atoms with Gasteiger partial charge in [0.15, 0.2) is 5.17 Å². The van der Waals surface area contributed by atoms with Crippen molar-refractivity contribution in [3.05, 3.63) is 112 Å². The van der Waals surface area contributed by atoms with Crippen LogP contribution >= 0.6 is 11.8 Å². The second kappa shape index (κ2) is 12.0. The Labute approximate surface area is 231 Å². The summed E-state index contributed by atoms with van der Waals surface area (Å²) in [5.41, 5.74) is 4.15. The Balaban J connectivity index is 1.53. The zero-order chi connectivity index (χ0) is 27.2. The Hall–Kier alpha value is -4.37. The summed E-state index contributed by atoms with van der Waals surface area (Å²) >= 11 is 1.43. The van der Waals surface area contributed by atoms with Gasteiger partial charge in [-0.05, 0) is 42.2 Å². The lowest BCUT2D eigenvalue weighted by Gasteiger charge is -2.36. The topological polar surface area (TPSA) is 93.1 Å². The predicted molar refractivity (Wildman–Crippen MR) is 151 cm³/mol. The molecule has 8 nitrogen and oxygen atoms in total. The minimum atomic E-state index is -0.553. The zero-order valence-electron chi connectivity index (χ0n) is 21.7. The van der Waals surface area contributed by atoms with Crippen LogP contribution in [0.5, 0.6) is 5.75 Å². The number of carbonyl (C=O) groups excluding carboxylic acids is 2. The van der Waals surface area contributed by atoms with Gasteiger partial charge in [0.05, 0.1) is 49.7 Å². The van der Waals surface area contributed by atoms with Gasteiger partial charge in [0.1, 0.15) is 5.75 Å². The van der Waals surface area contributed by atoms with E-state index in [2.05, 4.69) is 10.3 Å². The number of amides is 1. The summed E-state index contributed by atoms with van der Waals surface area (Å²) < 4.78 is 10.9. The number of esters is 1. The minimum Gasteiger partial charge on any atom is -0.497 e. The number of carbonyl (C=O) groups is 2. The van der Waals surface area contributed by atoms with Gasteiger partial charge >= 0.3 is 5.97 Å². The van der Waals surface area contributed by atoms with Gasteiger partial charge in [0, 0.05) is 17.5 Å². The minimum absolute atomic E-state index is 0.113. The van der Waals surface area contributed by atoms with Crippen molar-refractivity contribution in [1.82, 2.24) is 15.2 Å². The highest BCUT2D eigenvalue weighted by atomic mass is 32.2. The third-order valence-electron chi connectivity index (χ3n) is 6.32. The van der Waals surface area contributed by atoms with E-state index in [0.717, 1.165) is 22.5 Å². The van der Waals surface area contributed by atoms with Crippen LogP contribution in [0.2, 0.25) is 0 Å². The second-order valence-corrected chi connectivity index (χ2v) is 9.63. The number of hydrogen-bond acceptors (Lipinski definition) is 8. The number of rotatable bonds is 9. The summed E-state index contributed by atoms with van der Waals surface area (Å²) in [6, 6.07) is 22.2. The molecule has 1 amide bonds. The van der Waals surface area contributed by atoms with Crippen molar-refractivity contribution in [2.45, 2.75) is 25.9 Å². The number of pyridine rings is 1. The second-order valence-electron chi connectivity index (χ2n) is 8.79. The van der Waals surface area contributed by atoms with Crippen molar-refractivity contribution in [1.29, 1.82) is 0 Å². The molecule has 0 radical (unpaired) electrons. The van der Waals surface area contributed by atoms with Gasteiger partial charge in [-0.3, -0.25) is 9.78 Å². The molecule has 0 fully saturated rings. The molecule has 2 aliphatic rings. The molecule has 39 heavy (non-hydrogen) atoms. The maximum Gasteiger partial charge on any atom is 0.338 e. The number of thioether (sulfide) groups is 1. The molecular formula is C30H28N4O4S. The number of methoxy groups -OCH3 is 1. The number of benzene rings is 2. The number of amidine groups is 1. The summed E-state index contributed by atoms with van der Waals surface area (Å²) in [5.74, 6) is 0.0995. The third kappa shape index (κ3) is 5.73. The van der Waals surface area contributed by atoms with Crippen molar-refractivity contribution < 1.29 is 19.1 Å². The first kappa shape index (κ1) is 26.2. The summed E-state index contributed by atoms with van der Waals surface area (Å²) in [6.07, 6.45) is 1.81. The molecule has 0 saturated carbocycles. The van der Waals surface area contributed by atoms with E-state index in [0.29, 0.717) is 28.7 Å². The molecule has 3 heterocycles. The van der Waals surface area contributed by atoms with Gasteiger partial charge in [-0.15, -0.1) is 0 Å². The summed E-state index contributed by atoms with van der Waals surface area (Å²) in [7, 11) is 1.61. The first-order chi connectivity index (χ1) is 19.1. The van der Waals surface area contributed by atoms with Crippen molar-refractivity contribution in [2.75, 3.05) is 13.7 Å². The van der Waals surface area contributed by atoms with Crippen LogP contribution in [-0.2, 0) is 20.9 Å². The van der Waals surface area contributed by atoms with Crippen LogP contribution in [0, 0.1) is 0 Å². The molecule has 0 unspecified atom stereocenters. The largest absolute Gasteiger partial charge is 0.497 e. The highest BCUT2D eigenvalue weighted by Crippen LogP contribution is 2.47. The Morgan fingerprint density at radius 1 is 1.03 bits per heavy atom. The maximum absolute atomic E-state index is 13.6.